The molecule has 0 aliphatic carbocycles. The number of methoxy groups -OCH3 is 1. The van der Waals surface area contributed by atoms with Crippen molar-refractivity contribution in [3.05, 3.63) is 60.6 Å². The Kier molecular flexibility index (Phi) is 9.15. The number of anilines is 1. The second-order valence-electron chi connectivity index (χ2n) is 10.3. The number of aryl methyl sites for hydroxylation is 1. The highest BCUT2D eigenvalue weighted by molar-refractivity contribution is 7.92. The Labute approximate surface area is 245 Å². The van der Waals surface area contributed by atoms with Crippen molar-refractivity contribution in [2.45, 2.75) is 35.9 Å². The number of hydrogen-bond donors (Lipinski definition) is 2. The van der Waals surface area contributed by atoms with Crippen LogP contribution in [0.2, 0.25) is 0 Å². The fourth-order valence-corrected chi connectivity index (χ4v) is 6.70. The van der Waals surface area contributed by atoms with Crippen LogP contribution in [-0.4, -0.2) is 92.6 Å². The first-order valence-electron chi connectivity index (χ1n) is 13.1. The van der Waals surface area contributed by atoms with Crippen LogP contribution in [0.4, 0.5) is 5.69 Å². The number of nitrogens with one attached hydrogen (secondary N) is 1. The van der Waals surface area contributed by atoms with Gasteiger partial charge in [0.1, 0.15) is 17.6 Å². The zero-order chi connectivity index (χ0) is 30.8. The van der Waals surface area contributed by atoms with Crippen molar-refractivity contribution in [2.75, 3.05) is 38.6 Å². The number of nitrogens with zero attached hydrogens (tertiary/aromatic N) is 4. The Bertz CT molecular complexity index is 1640. The van der Waals surface area contributed by atoms with E-state index in [4.69, 9.17) is 9.47 Å². The lowest BCUT2D eigenvalue weighted by Crippen LogP contribution is -2.50. The Morgan fingerprint density at radius 3 is 2.48 bits per heavy atom. The number of aliphatic hydroxyl groups is 1. The summed E-state index contributed by atoms with van der Waals surface area (Å²) in [6.45, 7) is 3.32. The standard InChI is InChI=1S/C27H35N5O8S2/c1-18-13-32(19(2)16-33)27(34)23-12-20(29-41(35,36)22-9-7-21(39-5)8-10-22)6-11-24(23)40-25(18)14-31(4)42(37,38)26-15-30(3)17-28-26/h6-12,15,17-19,25,29,33H,13-14,16H2,1-5H3/t18-,19+,25+/m0/s1. The van der Waals surface area contributed by atoms with Gasteiger partial charge in [0, 0.05) is 38.4 Å². The molecule has 0 saturated heterocycles. The number of carbonyl (C=O) groups excluding carboxylic acids is 1. The van der Waals surface area contributed by atoms with Gasteiger partial charge in [-0.15, -0.1) is 0 Å². The Morgan fingerprint density at radius 1 is 1.19 bits per heavy atom. The average Bonchev–Trinajstić information content (AvgIpc) is 3.41. The molecule has 3 aromatic rings. The van der Waals surface area contributed by atoms with Crippen LogP contribution < -0.4 is 14.2 Å². The SMILES string of the molecule is COc1ccc(S(=O)(=O)Nc2ccc3c(c2)C(=O)N([C@H](C)CO)C[C@H](C)[C@@H](CN(C)S(=O)(=O)c2cn(C)cn2)O3)cc1. The van der Waals surface area contributed by atoms with Crippen LogP contribution in [-0.2, 0) is 27.1 Å². The van der Waals surface area contributed by atoms with E-state index in [1.165, 1.54) is 78.6 Å². The van der Waals surface area contributed by atoms with Crippen LogP contribution in [0.5, 0.6) is 11.5 Å². The maximum atomic E-state index is 13.7. The summed E-state index contributed by atoms with van der Waals surface area (Å²) in [5.41, 5.74) is 0.190. The van der Waals surface area contributed by atoms with Gasteiger partial charge >= 0.3 is 0 Å². The third-order valence-corrected chi connectivity index (χ3v) is 10.2. The highest BCUT2D eigenvalue weighted by Crippen LogP contribution is 2.32. The van der Waals surface area contributed by atoms with Crippen molar-refractivity contribution in [3.8, 4) is 11.5 Å². The van der Waals surface area contributed by atoms with E-state index in [1.807, 2.05) is 6.92 Å². The predicted octanol–water partition coefficient (Wildman–Crippen LogP) is 1.77. The molecule has 0 radical (unpaired) electrons. The number of aliphatic hydroxyl groups excluding tert-OH is 1. The smallest absolute Gasteiger partial charge is 0.261 e. The number of fused-ring (bicyclic) bond motifs is 1. The molecule has 1 aliphatic rings. The fourth-order valence-electron chi connectivity index (χ4n) is 4.51. The maximum Gasteiger partial charge on any atom is 0.261 e. The third kappa shape index (κ3) is 6.53. The highest BCUT2D eigenvalue weighted by atomic mass is 32.2. The average molecular weight is 622 g/mol. The monoisotopic (exact) mass is 621 g/mol. The predicted molar refractivity (Wildman–Crippen MR) is 154 cm³/mol. The van der Waals surface area contributed by atoms with Crippen LogP contribution in [0.1, 0.15) is 24.2 Å². The lowest BCUT2D eigenvalue weighted by molar-refractivity contribution is 0.0387. The first kappa shape index (κ1) is 31.3. The summed E-state index contributed by atoms with van der Waals surface area (Å²) in [6, 6.07) is 9.58. The Hall–Kier alpha value is -3.66. The summed E-state index contributed by atoms with van der Waals surface area (Å²) < 4.78 is 68.9. The van der Waals surface area contributed by atoms with Gasteiger partial charge in [0.25, 0.3) is 26.0 Å². The quantitative estimate of drug-likeness (QED) is 0.344. The van der Waals surface area contributed by atoms with Gasteiger partial charge in [-0.3, -0.25) is 9.52 Å². The number of likely N-dealkylation sites (N-methyl/N-ethyl adjacent to an activating group) is 1. The third-order valence-electron chi connectivity index (χ3n) is 7.08. The molecule has 4 rings (SSSR count). The van der Waals surface area contributed by atoms with Gasteiger partial charge in [-0.2, -0.15) is 4.31 Å². The fraction of sp³-hybridized carbons (Fsp3) is 0.407. The molecule has 13 nitrogen and oxygen atoms in total. The second-order valence-corrected chi connectivity index (χ2v) is 14.0. The molecule has 0 saturated carbocycles. The molecule has 1 aliphatic heterocycles. The number of amides is 1. The van der Waals surface area contributed by atoms with E-state index in [1.54, 1.807) is 14.0 Å². The number of carbonyl (C=O) groups is 1. The molecule has 0 spiro atoms. The highest BCUT2D eigenvalue weighted by Gasteiger charge is 2.36. The largest absolute Gasteiger partial charge is 0.497 e. The summed E-state index contributed by atoms with van der Waals surface area (Å²) in [4.78, 5) is 19.1. The van der Waals surface area contributed by atoms with E-state index in [-0.39, 0.29) is 52.5 Å². The molecule has 228 valence electrons. The Balaban J connectivity index is 1.67. The lowest BCUT2D eigenvalue weighted by atomic mass is 9.99. The zero-order valence-electron chi connectivity index (χ0n) is 24.0. The summed E-state index contributed by atoms with van der Waals surface area (Å²) in [6.07, 6.45) is 2.10. The molecule has 2 N–H and O–H groups in total. The van der Waals surface area contributed by atoms with Crippen LogP contribution in [0, 0.1) is 5.92 Å². The van der Waals surface area contributed by atoms with Crippen molar-refractivity contribution in [1.29, 1.82) is 0 Å². The molecule has 3 atom stereocenters. The van der Waals surface area contributed by atoms with Crippen LogP contribution in [0.15, 0.2) is 64.9 Å². The molecule has 0 bridgehead atoms. The number of imidazole rings is 1. The molecule has 42 heavy (non-hydrogen) atoms. The normalized spacial score (nSPS) is 18.5. The minimum atomic E-state index is -4.00. The van der Waals surface area contributed by atoms with E-state index < -0.39 is 38.1 Å². The summed E-state index contributed by atoms with van der Waals surface area (Å²) in [7, 11) is -3.36. The maximum absolute atomic E-state index is 13.7. The molecular formula is C27H35N5O8S2. The van der Waals surface area contributed by atoms with Crippen LogP contribution in [0.3, 0.4) is 0 Å². The first-order chi connectivity index (χ1) is 19.8. The molecule has 0 unspecified atom stereocenters. The van der Waals surface area contributed by atoms with Gasteiger partial charge in [0.15, 0.2) is 5.03 Å². The number of rotatable bonds is 10. The first-order valence-corrected chi connectivity index (χ1v) is 16.0. The molecule has 1 aromatic heterocycles. The number of hydrogen-bond acceptors (Lipinski definition) is 9. The van der Waals surface area contributed by atoms with Gasteiger partial charge in [0.2, 0.25) is 0 Å². The van der Waals surface area contributed by atoms with Crippen molar-refractivity contribution in [3.63, 3.8) is 0 Å². The molecule has 15 heteroatoms. The number of sulfonamides is 2. The van der Waals surface area contributed by atoms with Gasteiger partial charge in [0.05, 0.1) is 43.1 Å². The van der Waals surface area contributed by atoms with Gasteiger partial charge in [-0.05, 0) is 49.4 Å². The number of ether oxygens (including phenoxy) is 2. The summed E-state index contributed by atoms with van der Waals surface area (Å²) >= 11 is 0. The van der Waals surface area contributed by atoms with E-state index in [0.717, 1.165) is 4.31 Å². The van der Waals surface area contributed by atoms with E-state index >= 15 is 0 Å². The van der Waals surface area contributed by atoms with Gasteiger partial charge in [-0.25, -0.2) is 21.8 Å². The second kappa shape index (κ2) is 12.3. The minimum absolute atomic E-state index is 0.000750. The van der Waals surface area contributed by atoms with Gasteiger partial charge < -0.3 is 24.0 Å². The van der Waals surface area contributed by atoms with Crippen LogP contribution >= 0.6 is 0 Å². The Morgan fingerprint density at radius 2 is 1.88 bits per heavy atom. The summed E-state index contributed by atoms with van der Waals surface area (Å²) in [5.74, 6) is -0.150. The molecule has 2 heterocycles. The zero-order valence-corrected chi connectivity index (χ0v) is 25.6. The van der Waals surface area contributed by atoms with E-state index in [2.05, 4.69) is 9.71 Å². The van der Waals surface area contributed by atoms with Gasteiger partial charge in [-0.1, -0.05) is 6.92 Å². The van der Waals surface area contributed by atoms with Crippen molar-refractivity contribution >= 4 is 31.6 Å². The van der Waals surface area contributed by atoms with Crippen molar-refractivity contribution in [2.24, 2.45) is 13.0 Å². The van der Waals surface area contributed by atoms with E-state index in [9.17, 15) is 26.7 Å². The lowest BCUT2D eigenvalue weighted by Gasteiger charge is -2.38. The van der Waals surface area contributed by atoms with E-state index in [0.29, 0.717) is 5.75 Å². The molecule has 0 fully saturated rings. The minimum Gasteiger partial charge on any atom is -0.497 e. The summed E-state index contributed by atoms with van der Waals surface area (Å²) in [5, 5.41) is 9.79. The molecule has 2 aromatic carbocycles. The molecule has 1 amide bonds. The molecular weight excluding hydrogens is 586 g/mol. The number of benzene rings is 2. The van der Waals surface area contributed by atoms with Crippen molar-refractivity contribution < 1.29 is 36.2 Å². The topological polar surface area (TPSA) is 160 Å². The number of aromatic nitrogens is 2. The van der Waals surface area contributed by atoms with Crippen molar-refractivity contribution in [1.82, 2.24) is 18.8 Å². The van der Waals surface area contributed by atoms with Crippen LogP contribution in [0.25, 0.3) is 0 Å².